The molecule has 5 heteroatoms. The largest absolute Gasteiger partial charge is 0.246 e. The summed E-state index contributed by atoms with van der Waals surface area (Å²) in [6.07, 6.45) is 3.43. The maximum absolute atomic E-state index is 13.3. The van der Waals surface area contributed by atoms with Crippen molar-refractivity contribution < 1.29 is 12.8 Å². The van der Waals surface area contributed by atoms with Gasteiger partial charge in [0.1, 0.15) is 6.17 Å². The first-order chi connectivity index (χ1) is 6.59. The molecule has 0 saturated heterocycles. The Morgan fingerprint density at radius 3 is 2.29 bits per heavy atom. The first-order valence-corrected chi connectivity index (χ1v) is 6.79. The molecule has 2 fully saturated rings. The van der Waals surface area contributed by atoms with E-state index in [0.29, 0.717) is 12.8 Å². The highest BCUT2D eigenvalue weighted by atomic mass is 32.2. The van der Waals surface area contributed by atoms with Gasteiger partial charge in [-0.1, -0.05) is 12.8 Å². The first-order valence-electron chi connectivity index (χ1n) is 5.25. The molecule has 0 aromatic carbocycles. The molecule has 0 radical (unpaired) electrons. The zero-order valence-corrected chi connectivity index (χ0v) is 8.89. The molecule has 0 spiro atoms. The molecule has 1 N–H and O–H groups in total. The van der Waals surface area contributed by atoms with Crippen molar-refractivity contribution in [2.45, 2.75) is 56.0 Å². The predicted octanol–water partition coefficient (Wildman–Crippen LogP) is 1.35. The van der Waals surface area contributed by atoms with Crippen molar-refractivity contribution in [3.63, 3.8) is 0 Å². The summed E-state index contributed by atoms with van der Waals surface area (Å²) in [5, 5.41) is -0.239. The van der Waals surface area contributed by atoms with Crippen LogP contribution in [0.15, 0.2) is 0 Å². The Labute approximate surface area is 84.1 Å². The van der Waals surface area contributed by atoms with Crippen LogP contribution in [0.1, 0.15) is 38.5 Å². The van der Waals surface area contributed by atoms with E-state index in [4.69, 9.17) is 0 Å². The summed E-state index contributed by atoms with van der Waals surface area (Å²) in [5.74, 6) is 0. The minimum atomic E-state index is -3.21. The maximum atomic E-state index is 13.3. The minimum absolute atomic E-state index is 0.239. The van der Waals surface area contributed by atoms with Crippen LogP contribution in [-0.2, 0) is 10.0 Å². The zero-order chi connectivity index (χ0) is 10.2. The Balaban J connectivity index is 1.95. The van der Waals surface area contributed by atoms with E-state index in [9.17, 15) is 12.8 Å². The maximum Gasteiger partial charge on any atom is 0.214 e. The molecule has 2 rings (SSSR count). The van der Waals surface area contributed by atoms with Crippen molar-refractivity contribution in [2.24, 2.45) is 0 Å². The lowest BCUT2D eigenvalue weighted by atomic mass is 9.95. The molecule has 2 aliphatic carbocycles. The first kappa shape index (κ1) is 10.4. The number of halogens is 1. The van der Waals surface area contributed by atoms with Crippen LogP contribution in [0.5, 0.6) is 0 Å². The van der Waals surface area contributed by atoms with Gasteiger partial charge in [0.15, 0.2) is 0 Å². The number of nitrogens with one attached hydrogen (secondary N) is 1. The Bertz CT molecular complexity index is 300. The molecule has 82 valence electrons. The molecule has 0 bridgehead atoms. The third-order valence-corrected chi connectivity index (χ3v) is 4.94. The molecule has 0 aliphatic heterocycles. The highest BCUT2D eigenvalue weighted by Crippen LogP contribution is 2.29. The smallest absolute Gasteiger partial charge is 0.214 e. The second-order valence-corrected chi connectivity index (χ2v) is 6.26. The van der Waals surface area contributed by atoms with Gasteiger partial charge in [0.2, 0.25) is 10.0 Å². The fourth-order valence-electron chi connectivity index (χ4n) is 1.90. The van der Waals surface area contributed by atoms with Gasteiger partial charge < -0.3 is 0 Å². The zero-order valence-electron chi connectivity index (χ0n) is 8.08. The quantitative estimate of drug-likeness (QED) is 0.782. The Morgan fingerprint density at radius 1 is 1.07 bits per heavy atom. The van der Waals surface area contributed by atoms with E-state index in [1.807, 2.05) is 0 Å². The van der Waals surface area contributed by atoms with Gasteiger partial charge >= 0.3 is 0 Å². The topological polar surface area (TPSA) is 46.2 Å². The van der Waals surface area contributed by atoms with Gasteiger partial charge in [-0.25, -0.2) is 17.5 Å². The fraction of sp³-hybridized carbons (Fsp3) is 1.00. The van der Waals surface area contributed by atoms with E-state index in [-0.39, 0.29) is 5.25 Å². The van der Waals surface area contributed by atoms with Crippen molar-refractivity contribution in [1.82, 2.24) is 4.72 Å². The summed E-state index contributed by atoms with van der Waals surface area (Å²) < 4.78 is 38.9. The molecular formula is C9H16FNO2S. The molecular weight excluding hydrogens is 205 g/mol. The van der Waals surface area contributed by atoms with Gasteiger partial charge in [0, 0.05) is 0 Å². The highest BCUT2D eigenvalue weighted by Gasteiger charge is 2.38. The average Bonchev–Trinajstić information content (AvgIpc) is 2.91. The lowest BCUT2D eigenvalue weighted by Gasteiger charge is -2.26. The normalized spacial score (nSPS) is 34.4. The minimum Gasteiger partial charge on any atom is -0.246 e. The SMILES string of the molecule is O=S(=O)(N[C@@H]1CCCC[C@H]1F)C1CC1. The van der Waals surface area contributed by atoms with E-state index >= 15 is 0 Å². The summed E-state index contributed by atoms with van der Waals surface area (Å²) in [4.78, 5) is 0. The van der Waals surface area contributed by atoms with Gasteiger partial charge in [-0.15, -0.1) is 0 Å². The van der Waals surface area contributed by atoms with Crippen molar-refractivity contribution in [1.29, 1.82) is 0 Å². The summed E-state index contributed by atoms with van der Waals surface area (Å²) in [6, 6.07) is -0.464. The summed E-state index contributed by atoms with van der Waals surface area (Å²) in [6.45, 7) is 0. The molecule has 2 atom stereocenters. The van der Waals surface area contributed by atoms with Crippen molar-refractivity contribution >= 4 is 10.0 Å². The highest BCUT2D eigenvalue weighted by molar-refractivity contribution is 7.90. The number of hydrogen-bond donors (Lipinski definition) is 1. The van der Waals surface area contributed by atoms with Crippen LogP contribution < -0.4 is 4.72 Å². The molecule has 0 amide bonds. The number of hydrogen-bond acceptors (Lipinski definition) is 2. The second-order valence-electron chi connectivity index (χ2n) is 4.27. The van der Waals surface area contributed by atoms with Crippen molar-refractivity contribution in [2.75, 3.05) is 0 Å². The van der Waals surface area contributed by atoms with Crippen LogP contribution in [0.3, 0.4) is 0 Å². The molecule has 0 aromatic heterocycles. The Kier molecular flexibility index (Phi) is 2.79. The molecule has 2 aliphatic rings. The van der Waals surface area contributed by atoms with Crippen LogP contribution >= 0.6 is 0 Å². The van der Waals surface area contributed by atoms with E-state index in [1.54, 1.807) is 0 Å². The monoisotopic (exact) mass is 221 g/mol. The van der Waals surface area contributed by atoms with E-state index in [0.717, 1.165) is 25.7 Å². The Hall–Kier alpha value is -0.160. The summed E-state index contributed by atoms with van der Waals surface area (Å²) in [7, 11) is -3.21. The average molecular weight is 221 g/mol. The predicted molar refractivity (Wildman–Crippen MR) is 52.2 cm³/mol. The molecule has 0 aromatic rings. The lowest BCUT2D eigenvalue weighted by molar-refractivity contribution is 0.206. The van der Waals surface area contributed by atoms with Gasteiger partial charge in [-0.2, -0.15) is 0 Å². The molecule has 0 heterocycles. The lowest BCUT2D eigenvalue weighted by Crippen LogP contribution is -2.44. The Morgan fingerprint density at radius 2 is 1.71 bits per heavy atom. The molecule has 0 unspecified atom stereocenters. The number of rotatable bonds is 3. The van der Waals surface area contributed by atoms with E-state index in [1.165, 1.54) is 0 Å². The van der Waals surface area contributed by atoms with Crippen LogP contribution in [0.25, 0.3) is 0 Å². The van der Waals surface area contributed by atoms with Gasteiger partial charge in [-0.3, -0.25) is 0 Å². The van der Waals surface area contributed by atoms with Gasteiger partial charge in [0.25, 0.3) is 0 Å². The second kappa shape index (κ2) is 3.77. The van der Waals surface area contributed by atoms with Crippen LogP contribution in [0.2, 0.25) is 0 Å². The number of sulfonamides is 1. The number of alkyl halides is 1. The van der Waals surface area contributed by atoms with E-state index in [2.05, 4.69) is 4.72 Å². The van der Waals surface area contributed by atoms with Crippen LogP contribution in [0.4, 0.5) is 4.39 Å². The summed E-state index contributed by atoms with van der Waals surface area (Å²) >= 11 is 0. The molecule has 2 saturated carbocycles. The third kappa shape index (κ3) is 2.25. The van der Waals surface area contributed by atoms with Crippen molar-refractivity contribution in [3.05, 3.63) is 0 Å². The third-order valence-electron chi connectivity index (χ3n) is 2.96. The van der Waals surface area contributed by atoms with Gasteiger partial charge in [0.05, 0.1) is 11.3 Å². The fourth-order valence-corrected chi connectivity index (χ4v) is 3.54. The van der Waals surface area contributed by atoms with Crippen molar-refractivity contribution in [3.8, 4) is 0 Å². The van der Waals surface area contributed by atoms with Crippen LogP contribution in [-0.4, -0.2) is 25.9 Å². The van der Waals surface area contributed by atoms with Crippen LogP contribution in [0, 0.1) is 0 Å². The standard InChI is InChI=1S/C9H16FNO2S/c10-8-3-1-2-4-9(8)11-14(12,13)7-5-6-7/h7-9,11H,1-6H2/t8-,9-/m1/s1. The molecule has 3 nitrogen and oxygen atoms in total. The summed E-state index contributed by atoms with van der Waals surface area (Å²) in [5.41, 5.74) is 0. The molecule has 14 heavy (non-hydrogen) atoms. The van der Waals surface area contributed by atoms with Gasteiger partial charge in [-0.05, 0) is 25.7 Å². The van der Waals surface area contributed by atoms with E-state index < -0.39 is 22.2 Å².